The molecular formula is C7H6ClN3S. The third-order valence-corrected chi connectivity index (χ3v) is 2.70. The van der Waals surface area contributed by atoms with Crippen LogP contribution < -0.4 is 11.5 Å². The molecule has 0 saturated heterocycles. The van der Waals surface area contributed by atoms with Crippen molar-refractivity contribution in [2.24, 2.45) is 0 Å². The number of nitrogens with two attached hydrogens (primary N) is 2. The monoisotopic (exact) mass is 199 g/mol. The molecule has 2 aromatic rings. The summed E-state index contributed by atoms with van der Waals surface area (Å²) in [6.07, 6.45) is 0. The van der Waals surface area contributed by atoms with E-state index in [2.05, 4.69) is 4.98 Å². The molecule has 0 spiro atoms. The Kier molecular flexibility index (Phi) is 1.59. The Morgan fingerprint density at radius 2 is 2.08 bits per heavy atom. The summed E-state index contributed by atoms with van der Waals surface area (Å²) in [6, 6.07) is 3.50. The average molecular weight is 200 g/mol. The smallest absolute Gasteiger partial charge is 0.181 e. The maximum Gasteiger partial charge on any atom is 0.181 e. The summed E-state index contributed by atoms with van der Waals surface area (Å²) in [6.45, 7) is 0. The molecule has 0 amide bonds. The summed E-state index contributed by atoms with van der Waals surface area (Å²) < 4.78 is 0.965. The van der Waals surface area contributed by atoms with E-state index in [1.54, 1.807) is 12.1 Å². The molecule has 0 radical (unpaired) electrons. The van der Waals surface area contributed by atoms with Crippen molar-refractivity contribution in [2.75, 3.05) is 11.5 Å². The van der Waals surface area contributed by atoms with E-state index in [1.807, 2.05) is 0 Å². The molecule has 0 bridgehead atoms. The summed E-state index contributed by atoms with van der Waals surface area (Å²) in [5.41, 5.74) is 12.4. The lowest BCUT2D eigenvalue weighted by molar-refractivity contribution is 1.50. The molecule has 62 valence electrons. The minimum atomic E-state index is 0.534. The van der Waals surface area contributed by atoms with Crippen LogP contribution in [0.5, 0.6) is 0 Å². The second kappa shape index (κ2) is 2.50. The standard InChI is InChI=1S/C7H6ClN3S/c8-3-1-6-5(2-4(3)9)11-7(10)12-6/h1-2H,9H2,(H2,10,11). The first kappa shape index (κ1) is 7.64. The second-order valence-electron chi connectivity index (χ2n) is 2.39. The maximum atomic E-state index is 5.81. The minimum Gasteiger partial charge on any atom is -0.397 e. The van der Waals surface area contributed by atoms with Gasteiger partial charge in [-0.3, -0.25) is 0 Å². The van der Waals surface area contributed by atoms with Crippen LogP contribution >= 0.6 is 22.9 Å². The summed E-state index contributed by atoms with van der Waals surface area (Å²) in [7, 11) is 0. The van der Waals surface area contributed by atoms with Crippen molar-refractivity contribution in [3.8, 4) is 0 Å². The van der Waals surface area contributed by atoms with E-state index in [0.717, 1.165) is 10.2 Å². The number of nitrogen functional groups attached to an aromatic ring is 2. The number of rotatable bonds is 0. The highest BCUT2D eigenvalue weighted by atomic mass is 35.5. The van der Waals surface area contributed by atoms with E-state index in [9.17, 15) is 0 Å². The molecule has 1 heterocycles. The van der Waals surface area contributed by atoms with Gasteiger partial charge in [-0.05, 0) is 12.1 Å². The molecule has 5 heteroatoms. The Labute approximate surface area is 78.0 Å². The van der Waals surface area contributed by atoms with E-state index in [1.165, 1.54) is 11.3 Å². The van der Waals surface area contributed by atoms with Gasteiger partial charge in [-0.25, -0.2) is 4.98 Å². The minimum absolute atomic E-state index is 0.534. The fourth-order valence-corrected chi connectivity index (χ4v) is 1.97. The highest BCUT2D eigenvalue weighted by molar-refractivity contribution is 7.22. The van der Waals surface area contributed by atoms with Gasteiger partial charge in [0.2, 0.25) is 0 Å². The van der Waals surface area contributed by atoms with Crippen LogP contribution in [0, 0.1) is 0 Å². The van der Waals surface area contributed by atoms with Crippen LogP contribution in [-0.4, -0.2) is 4.98 Å². The molecule has 3 nitrogen and oxygen atoms in total. The van der Waals surface area contributed by atoms with Crippen molar-refractivity contribution in [1.29, 1.82) is 0 Å². The van der Waals surface area contributed by atoms with Crippen LogP contribution in [0.2, 0.25) is 5.02 Å². The van der Waals surface area contributed by atoms with E-state index >= 15 is 0 Å². The number of hydrogen-bond donors (Lipinski definition) is 2. The van der Waals surface area contributed by atoms with E-state index in [-0.39, 0.29) is 0 Å². The Hall–Kier alpha value is -1.000. The molecule has 0 aliphatic carbocycles. The third kappa shape index (κ3) is 1.09. The predicted octanol–water partition coefficient (Wildman–Crippen LogP) is 2.11. The van der Waals surface area contributed by atoms with Crippen molar-refractivity contribution >= 4 is 44.0 Å². The number of benzene rings is 1. The van der Waals surface area contributed by atoms with E-state index in [4.69, 9.17) is 23.1 Å². The van der Waals surface area contributed by atoms with Crippen molar-refractivity contribution in [2.45, 2.75) is 0 Å². The lowest BCUT2D eigenvalue weighted by atomic mass is 10.3. The largest absolute Gasteiger partial charge is 0.397 e. The van der Waals surface area contributed by atoms with Crippen molar-refractivity contribution in [1.82, 2.24) is 4.98 Å². The van der Waals surface area contributed by atoms with Gasteiger partial charge in [0.05, 0.1) is 20.9 Å². The zero-order chi connectivity index (χ0) is 8.72. The fraction of sp³-hybridized carbons (Fsp3) is 0. The first-order chi connectivity index (χ1) is 5.66. The van der Waals surface area contributed by atoms with Gasteiger partial charge in [-0.15, -0.1) is 0 Å². The number of nitrogens with zero attached hydrogens (tertiary/aromatic N) is 1. The van der Waals surface area contributed by atoms with Gasteiger partial charge in [0, 0.05) is 0 Å². The molecule has 0 unspecified atom stereocenters. The van der Waals surface area contributed by atoms with E-state index in [0.29, 0.717) is 15.8 Å². The quantitative estimate of drug-likeness (QED) is 0.639. The number of halogens is 1. The predicted molar refractivity (Wildman–Crippen MR) is 53.5 cm³/mol. The zero-order valence-electron chi connectivity index (χ0n) is 6.04. The molecule has 0 atom stereocenters. The van der Waals surface area contributed by atoms with Crippen LogP contribution in [0.4, 0.5) is 10.8 Å². The maximum absolute atomic E-state index is 5.81. The molecule has 0 aliphatic rings. The van der Waals surface area contributed by atoms with Gasteiger partial charge < -0.3 is 11.5 Å². The third-order valence-electron chi connectivity index (χ3n) is 1.52. The second-order valence-corrected chi connectivity index (χ2v) is 3.86. The summed E-state index contributed by atoms with van der Waals surface area (Å²) >= 11 is 7.21. The highest BCUT2D eigenvalue weighted by Gasteiger charge is 2.03. The summed E-state index contributed by atoms with van der Waals surface area (Å²) in [5.74, 6) is 0. The zero-order valence-corrected chi connectivity index (χ0v) is 7.62. The SMILES string of the molecule is Nc1nc2cc(N)c(Cl)cc2s1. The Morgan fingerprint density at radius 1 is 1.33 bits per heavy atom. The first-order valence-electron chi connectivity index (χ1n) is 3.28. The molecule has 0 aliphatic heterocycles. The normalized spacial score (nSPS) is 10.8. The van der Waals surface area contributed by atoms with Gasteiger partial charge >= 0.3 is 0 Å². The van der Waals surface area contributed by atoms with Crippen molar-refractivity contribution in [3.05, 3.63) is 17.2 Å². The molecule has 1 aromatic heterocycles. The van der Waals surface area contributed by atoms with Gasteiger partial charge in [0.15, 0.2) is 5.13 Å². The van der Waals surface area contributed by atoms with Crippen molar-refractivity contribution < 1.29 is 0 Å². The molecule has 2 rings (SSSR count). The Bertz CT molecular complexity index is 398. The average Bonchev–Trinajstić information content (AvgIpc) is 2.30. The molecule has 4 N–H and O–H groups in total. The number of anilines is 2. The van der Waals surface area contributed by atoms with Crippen LogP contribution in [-0.2, 0) is 0 Å². The number of aromatic nitrogens is 1. The van der Waals surface area contributed by atoms with Crippen LogP contribution in [0.15, 0.2) is 12.1 Å². The summed E-state index contributed by atoms with van der Waals surface area (Å²) in [5, 5.41) is 1.08. The van der Waals surface area contributed by atoms with Gasteiger partial charge in [0.25, 0.3) is 0 Å². The van der Waals surface area contributed by atoms with Crippen LogP contribution in [0.3, 0.4) is 0 Å². The highest BCUT2D eigenvalue weighted by Crippen LogP contribution is 2.30. The number of fused-ring (bicyclic) bond motifs is 1. The number of hydrogen-bond acceptors (Lipinski definition) is 4. The topological polar surface area (TPSA) is 64.9 Å². The lowest BCUT2D eigenvalue weighted by Gasteiger charge is -1.94. The van der Waals surface area contributed by atoms with Gasteiger partial charge in [0.1, 0.15) is 0 Å². The molecule has 1 aromatic carbocycles. The Morgan fingerprint density at radius 3 is 2.83 bits per heavy atom. The van der Waals surface area contributed by atoms with Crippen molar-refractivity contribution in [3.63, 3.8) is 0 Å². The number of thiazole rings is 1. The van der Waals surface area contributed by atoms with Gasteiger partial charge in [-0.2, -0.15) is 0 Å². The van der Waals surface area contributed by atoms with Crippen LogP contribution in [0.25, 0.3) is 10.2 Å². The Balaban J connectivity index is 2.83. The first-order valence-corrected chi connectivity index (χ1v) is 4.47. The van der Waals surface area contributed by atoms with Gasteiger partial charge in [-0.1, -0.05) is 22.9 Å². The molecular weight excluding hydrogens is 194 g/mol. The summed E-state index contributed by atoms with van der Waals surface area (Å²) in [4.78, 5) is 4.07. The molecule has 0 fully saturated rings. The molecule has 0 saturated carbocycles. The van der Waals surface area contributed by atoms with E-state index < -0.39 is 0 Å². The fourth-order valence-electron chi connectivity index (χ4n) is 0.983. The van der Waals surface area contributed by atoms with Crippen LogP contribution in [0.1, 0.15) is 0 Å². The lowest BCUT2D eigenvalue weighted by Crippen LogP contribution is -1.85. The molecule has 12 heavy (non-hydrogen) atoms.